The SMILES string of the molecule is CN(C)c1ccc2[nH]cc(CCC(=O)O)c2c1. The fourth-order valence-corrected chi connectivity index (χ4v) is 1.89. The zero-order valence-electron chi connectivity index (χ0n) is 10.0. The van der Waals surface area contributed by atoms with Crippen LogP contribution in [0.15, 0.2) is 24.4 Å². The Bertz CT molecular complexity index is 543. The number of fused-ring (bicyclic) bond motifs is 1. The van der Waals surface area contributed by atoms with Crippen molar-refractivity contribution in [1.29, 1.82) is 0 Å². The number of carboxylic acids is 1. The molecule has 1 aromatic heterocycles. The van der Waals surface area contributed by atoms with E-state index in [0.717, 1.165) is 22.2 Å². The topological polar surface area (TPSA) is 56.3 Å². The summed E-state index contributed by atoms with van der Waals surface area (Å²) in [5, 5.41) is 9.82. The average Bonchev–Trinajstić information content (AvgIpc) is 2.68. The first-order valence-electron chi connectivity index (χ1n) is 5.57. The van der Waals surface area contributed by atoms with Gasteiger partial charge in [-0.3, -0.25) is 4.79 Å². The maximum absolute atomic E-state index is 10.6. The Kier molecular flexibility index (Phi) is 3.04. The van der Waals surface area contributed by atoms with Gasteiger partial charge in [-0.2, -0.15) is 0 Å². The van der Waals surface area contributed by atoms with Gasteiger partial charge in [-0.15, -0.1) is 0 Å². The lowest BCUT2D eigenvalue weighted by Crippen LogP contribution is -2.08. The Morgan fingerprint density at radius 3 is 2.82 bits per heavy atom. The van der Waals surface area contributed by atoms with Gasteiger partial charge in [-0.1, -0.05) is 0 Å². The van der Waals surface area contributed by atoms with Gasteiger partial charge in [0.1, 0.15) is 0 Å². The molecule has 0 aliphatic carbocycles. The number of H-pyrrole nitrogens is 1. The highest BCUT2D eigenvalue weighted by Crippen LogP contribution is 2.24. The molecule has 2 aromatic rings. The second kappa shape index (κ2) is 4.49. The van der Waals surface area contributed by atoms with Crippen LogP contribution in [0, 0.1) is 0 Å². The molecule has 90 valence electrons. The normalized spacial score (nSPS) is 10.7. The number of nitrogens with one attached hydrogen (secondary N) is 1. The van der Waals surface area contributed by atoms with E-state index in [1.54, 1.807) is 0 Å². The molecule has 4 heteroatoms. The van der Waals surface area contributed by atoms with Crippen LogP contribution in [0.25, 0.3) is 10.9 Å². The minimum absolute atomic E-state index is 0.166. The summed E-state index contributed by atoms with van der Waals surface area (Å²) in [5.74, 6) is -0.761. The highest BCUT2D eigenvalue weighted by Gasteiger charge is 2.07. The third-order valence-corrected chi connectivity index (χ3v) is 2.88. The van der Waals surface area contributed by atoms with Crippen LogP contribution in [0.2, 0.25) is 0 Å². The molecule has 0 bridgehead atoms. The number of carbonyl (C=O) groups is 1. The molecular weight excluding hydrogens is 216 g/mol. The molecule has 0 amide bonds. The molecule has 0 saturated carbocycles. The van der Waals surface area contributed by atoms with Crippen LogP contribution in [-0.4, -0.2) is 30.2 Å². The molecule has 0 atom stereocenters. The van der Waals surface area contributed by atoms with Crippen LogP contribution in [0.5, 0.6) is 0 Å². The van der Waals surface area contributed by atoms with Gasteiger partial charge in [-0.05, 0) is 30.2 Å². The predicted octanol–water partition coefficient (Wildman–Crippen LogP) is 2.25. The summed E-state index contributed by atoms with van der Waals surface area (Å²) in [5.41, 5.74) is 3.23. The van der Waals surface area contributed by atoms with Crippen molar-refractivity contribution in [2.45, 2.75) is 12.8 Å². The van der Waals surface area contributed by atoms with Crippen molar-refractivity contribution >= 4 is 22.6 Å². The monoisotopic (exact) mass is 232 g/mol. The number of hydrogen-bond acceptors (Lipinski definition) is 2. The van der Waals surface area contributed by atoms with Gasteiger partial charge in [0.2, 0.25) is 0 Å². The number of hydrogen-bond donors (Lipinski definition) is 2. The molecule has 1 heterocycles. The number of nitrogens with zero attached hydrogens (tertiary/aromatic N) is 1. The standard InChI is InChI=1S/C13H16N2O2/c1-15(2)10-4-5-12-11(7-10)9(8-14-12)3-6-13(16)17/h4-5,7-8,14H,3,6H2,1-2H3,(H,16,17). The summed E-state index contributed by atoms with van der Waals surface area (Å²) in [6.45, 7) is 0. The first kappa shape index (κ1) is 11.5. The van der Waals surface area contributed by atoms with Crippen LogP contribution in [0.1, 0.15) is 12.0 Å². The number of aromatic amines is 1. The molecule has 0 unspecified atom stereocenters. The van der Waals surface area contributed by atoms with Crippen molar-refractivity contribution in [3.05, 3.63) is 30.0 Å². The maximum atomic E-state index is 10.6. The van der Waals surface area contributed by atoms with Crippen LogP contribution in [0.4, 0.5) is 5.69 Å². The number of anilines is 1. The van der Waals surface area contributed by atoms with Crippen molar-refractivity contribution in [3.8, 4) is 0 Å². The van der Waals surface area contributed by atoms with Crippen molar-refractivity contribution < 1.29 is 9.90 Å². The minimum atomic E-state index is -0.761. The van der Waals surface area contributed by atoms with E-state index >= 15 is 0 Å². The first-order valence-corrected chi connectivity index (χ1v) is 5.57. The van der Waals surface area contributed by atoms with E-state index < -0.39 is 5.97 Å². The third kappa shape index (κ3) is 2.41. The average molecular weight is 232 g/mol. The van der Waals surface area contributed by atoms with E-state index in [4.69, 9.17) is 5.11 Å². The van der Waals surface area contributed by atoms with Gasteiger partial charge in [0.25, 0.3) is 0 Å². The number of rotatable bonds is 4. The van der Waals surface area contributed by atoms with E-state index in [9.17, 15) is 4.79 Å². The molecule has 0 spiro atoms. The van der Waals surface area contributed by atoms with Crippen molar-refractivity contribution in [3.63, 3.8) is 0 Å². The Hall–Kier alpha value is -1.97. The minimum Gasteiger partial charge on any atom is -0.481 e. The molecule has 0 aliphatic heterocycles. The van der Waals surface area contributed by atoms with Gasteiger partial charge in [0.15, 0.2) is 0 Å². The van der Waals surface area contributed by atoms with Gasteiger partial charge in [0, 0.05) is 43.3 Å². The molecule has 2 N–H and O–H groups in total. The smallest absolute Gasteiger partial charge is 0.303 e. The molecule has 17 heavy (non-hydrogen) atoms. The number of aromatic nitrogens is 1. The van der Waals surface area contributed by atoms with E-state index in [1.165, 1.54) is 0 Å². The van der Waals surface area contributed by atoms with Gasteiger partial charge >= 0.3 is 5.97 Å². The van der Waals surface area contributed by atoms with Crippen molar-refractivity contribution in [1.82, 2.24) is 4.98 Å². The van der Waals surface area contributed by atoms with E-state index in [-0.39, 0.29) is 6.42 Å². The first-order chi connectivity index (χ1) is 8.08. The number of aryl methyl sites for hydroxylation is 1. The molecular formula is C13H16N2O2. The fraction of sp³-hybridized carbons (Fsp3) is 0.308. The summed E-state index contributed by atoms with van der Waals surface area (Å²) < 4.78 is 0. The third-order valence-electron chi connectivity index (χ3n) is 2.88. The van der Waals surface area contributed by atoms with E-state index in [1.807, 2.05) is 37.3 Å². The quantitative estimate of drug-likeness (QED) is 0.850. The van der Waals surface area contributed by atoms with Crippen molar-refractivity contribution in [2.24, 2.45) is 0 Å². The maximum Gasteiger partial charge on any atom is 0.303 e. The highest BCUT2D eigenvalue weighted by atomic mass is 16.4. The summed E-state index contributed by atoms with van der Waals surface area (Å²) in [7, 11) is 3.98. The van der Waals surface area contributed by atoms with Gasteiger partial charge in [0.05, 0.1) is 0 Å². The molecule has 1 aromatic carbocycles. The van der Waals surface area contributed by atoms with E-state index in [2.05, 4.69) is 11.1 Å². The van der Waals surface area contributed by atoms with Crippen LogP contribution in [0.3, 0.4) is 0 Å². The number of aliphatic carboxylic acids is 1. The summed E-state index contributed by atoms with van der Waals surface area (Å²) in [6.07, 6.45) is 2.62. The number of benzene rings is 1. The summed E-state index contributed by atoms with van der Waals surface area (Å²) >= 11 is 0. The Labute approximate surface area is 99.9 Å². The summed E-state index contributed by atoms with van der Waals surface area (Å²) in [6, 6.07) is 6.15. The molecule has 4 nitrogen and oxygen atoms in total. The zero-order valence-corrected chi connectivity index (χ0v) is 10.0. The molecule has 0 radical (unpaired) electrons. The molecule has 0 fully saturated rings. The van der Waals surface area contributed by atoms with Crippen LogP contribution in [-0.2, 0) is 11.2 Å². The lowest BCUT2D eigenvalue weighted by Gasteiger charge is -2.12. The number of carboxylic acid groups (broad SMARTS) is 1. The lowest BCUT2D eigenvalue weighted by atomic mass is 10.1. The predicted molar refractivity (Wildman–Crippen MR) is 68.6 cm³/mol. The van der Waals surface area contributed by atoms with E-state index in [0.29, 0.717) is 6.42 Å². The Balaban J connectivity index is 2.36. The van der Waals surface area contributed by atoms with Crippen LogP contribution < -0.4 is 4.90 Å². The van der Waals surface area contributed by atoms with Gasteiger partial charge in [-0.25, -0.2) is 0 Å². The lowest BCUT2D eigenvalue weighted by molar-refractivity contribution is -0.136. The second-order valence-electron chi connectivity index (χ2n) is 4.33. The van der Waals surface area contributed by atoms with Gasteiger partial charge < -0.3 is 15.0 Å². The Morgan fingerprint density at radius 2 is 2.18 bits per heavy atom. The van der Waals surface area contributed by atoms with Crippen molar-refractivity contribution in [2.75, 3.05) is 19.0 Å². The molecule has 0 aliphatic rings. The highest BCUT2D eigenvalue weighted by molar-refractivity contribution is 5.87. The largest absolute Gasteiger partial charge is 0.481 e. The Morgan fingerprint density at radius 1 is 1.41 bits per heavy atom. The molecule has 0 saturated heterocycles. The summed E-state index contributed by atoms with van der Waals surface area (Å²) in [4.78, 5) is 15.8. The fourth-order valence-electron chi connectivity index (χ4n) is 1.89. The zero-order chi connectivity index (χ0) is 12.4. The van der Waals surface area contributed by atoms with Crippen LogP contribution >= 0.6 is 0 Å². The second-order valence-corrected chi connectivity index (χ2v) is 4.33. The molecule has 2 rings (SSSR count).